The smallest absolute Gasteiger partial charge is 0.319 e. The summed E-state index contributed by atoms with van der Waals surface area (Å²) in [6, 6.07) is 9.13. The van der Waals surface area contributed by atoms with E-state index in [1.165, 1.54) is 0 Å². The SMILES string of the molecule is C.COC1CCC(Nc2ncc3c(n2)CN(C(=O)N[C@H](CO)c2ccccc2)C3(C)C)CC1.S.S. The number of ether oxygens (including phenoxy) is 1. The Kier molecular flexibility index (Phi) is 11.8. The van der Waals surface area contributed by atoms with Gasteiger partial charge in [0.25, 0.3) is 0 Å². The third-order valence-corrected chi connectivity index (χ3v) is 6.78. The van der Waals surface area contributed by atoms with Crippen LogP contribution in [0, 0.1) is 0 Å². The number of methoxy groups -OCH3 is 1. The normalized spacial score (nSPS) is 20.9. The maximum Gasteiger partial charge on any atom is 0.319 e. The summed E-state index contributed by atoms with van der Waals surface area (Å²) in [5.41, 5.74) is 2.12. The third-order valence-electron chi connectivity index (χ3n) is 6.78. The van der Waals surface area contributed by atoms with Crippen LogP contribution >= 0.6 is 27.0 Å². The molecule has 0 unspecified atom stereocenters. The molecule has 35 heavy (non-hydrogen) atoms. The molecule has 2 amide bonds. The largest absolute Gasteiger partial charge is 0.394 e. The van der Waals surface area contributed by atoms with Crippen molar-refractivity contribution in [1.82, 2.24) is 20.2 Å². The van der Waals surface area contributed by atoms with Crippen LogP contribution in [-0.4, -0.2) is 51.9 Å². The van der Waals surface area contributed by atoms with Crippen LogP contribution < -0.4 is 10.6 Å². The molecule has 2 aromatic rings. The first kappa shape index (κ1) is 31.0. The van der Waals surface area contributed by atoms with Gasteiger partial charge in [-0.1, -0.05) is 37.8 Å². The summed E-state index contributed by atoms with van der Waals surface area (Å²) in [5, 5.41) is 16.3. The molecule has 0 spiro atoms. The molecule has 2 aliphatic rings. The first-order valence-electron chi connectivity index (χ1n) is 11.3. The Bertz CT molecular complexity index is 940. The van der Waals surface area contributed by atoms with Crippen LogP contribution in [0.2, 0.25) is 0 Å². The van der Waals surface area contributed by atoms with E-state index in [-0.39, 0.29) is 47.1 Å². The molecule has 1 aromatic heterocycles. The fraction of sp³-hybridized carbons (Fsp3) is 0.560. The topological polar surface area (TPSA) is 99.6 Å². The van der Waals surface area contributed by atoms with Gasteiger partial charge in [0.1, 0.15) is 0 Å². The minimum absolute atomic E-state index is 0. The van der Waals surface area contributed by atoms with Gasteiger partial charge < -0.3 is 25.4 Å². The lowest BCUT2D eigenvalue weighted by molar-refractivity contribution is 0.0681. The molecule has 1 atom stereocenters. The number of carbonyl (C=O) groups excluding carboxylic acids is 1. The maximum atomic E-state index is 13.2. The van der Waals surface area contributed by atoms with E-state index in [9.17, 15) is 9.90 Å². The second-order valence-corrected chi connectivity index (χ2v) is 9.15. The molecule has 3 N–H and O–H groups in total. The summed E-state index contributed by atoms with van der Waals surface area (Å²) in [4.78, 5) is 24.2. The van der Waals surface area contributed by atoms with Gasteiger partial charge in [-0.05, 0) is 45.1 Å². The number of aliphatic hydroxyl groups is 1. The van der Waals surface area contributed by atoms with E-state index in [1.54, 1.807) is 12.0 Å². The lowest BCUT2D eigenvalue weighted by Gasteiger charge is -2.33. The highest BCUT2D eigenvalue weighted by atomic mass is 32.1. The molecular weight excluding hydrogens is 482 g/mol. The number of benzene rings is 1. The first-order valence-corrected chi connectivity index (χ1v) is 11.3. The van der Waals surface area contributed by atoms with Crippen LogP contribution in [0.5, 0.6) is 0 Å². The molecule has 1 fully saturated rings. The van der Waals surface area contributed by atoms with E-state index in [0.29, 0.717) is 24.6 Å². The predicted molar refractivity (Wildman–Crippen MR) is 150 cm³/mol. The Morgan fingerprint density at radius 2 is 1.86 bits per heavy atom. The number of carbonyl (C=O) groups is 1. The van der Waals surface area contributed by atoms with Crippen LogP contribution in [0.25, 0.3) is 0 Å². The van der Waals surface area contributed by atoms with Gasteiger partial charge in [0.15, 0.2) is 0 Å². The minimum atomic E-state index is -0.550. The summed E-state index contributed by atoms with van der Waals surface area (Å²) in [6.45, 7) is 4.22. The Balaban J connectivity index is 0.00000204. The van der Waals surface area contributed by atoms with Crippen molar-refractivity contribution in [3.05, 3.63) is 53.3 Å². The molecule has 10 heteroatoms. The first-order chi connectivity index (χ1) is 15.4. The fourth-order valence-electron chi connectivity index (χ4n) is 4.71. The average molecular weight is 524 g/mol. The maximum absolute atomic E-state index is 13.2. The van der Waals surface area contributed by atoms with Gasteiger partial charge in [0, 0.05) is 24.9 Å². The highest BCUT2D eigenvalue weighted by Crippen LogP contribution is 2.38. The number of hydrogen-bond acceptors (Lipinski definition) is 6. The summed E-state index contributed by atoms with van der Waals surface area (Å²) in [6.07, 6.45) is 6.31. The number of anilines is 1. The molecule has 1 aliphatic carbocycles. The van der Waals surface area contributed by atoms with Crippen molar-refractivity contribution in [2.75, 3.05) is 19.0 Å². The van der Waals surface area contributed by atoms with Crippen molar-refractivity contribution in [3.8, 4) is 0 Å². The number of nitrogens with one attached hydrogen (secondary N) is 2. The molecule has 0 saturated heterocycles. The number of nitrogens with zero attached hydrogens (tertiary/aromatic N) is 3. The van der Waals surface area contributed by atoms with Crippen molar-refractivity contribution in [2.45, 2.75) is 77.2 Å². The zero-order chi connectivity index (χ0) is 22.7. The van der Waals surface area contributed by atoms with Crippen molar-refractivity contribution in [2.24, 2.45) is 0 Å². The second-order valence-electron chi connectivity index (χ2n) is 9.15. The van der Waals surface area contributed by atoms with Crippen molar-refractivity contribution in [1.29, 1.82) is 0 Å². The molecule has 4 rings (SSSR count). The van der Waals surface area contributed by atoms with Gasteiger partial charge in [0.2, 0.25) is 5.95 Å². The number of hydrogen-bond donors (Lipinski definition) is 3. The molecule has 2 heterocycles. The van der Waals surface area contributed by atoms with Gasteiger partial charge in [-0.15, -0.1) is 0 Å². The Morgan fingerprint density at radius 1 is 1.20 bits per heavy atom. The van der Waals surface area contributed by atoms with Crippen molar-refractivity contribution < 1.29 is 14.6 Å². The number of aromatic nitrogens is 2. The molecule has 0 bridgehead atoms. The molecule has 8 nitrogen and oxygen atoms in total. The van der Waals surface area contributed by atoms with E-state index in [1.807, 2.05) is 50.4 Å². The number of urea groups is 1. The third kappa shape index (κ3) is 6.81. The lowest BCUT2D eigenvalue weighted by Crippen LogP contribution is -2.47. The Hall–Kier alpha value is -2.01. The minimum Gasteiger partial charge on any atom is -0.394 e. The standard InChI is InChI=1S/C24H33N5O3.CH4.2H2S/c1-24(2)19-13-25-22(26-17-9-11-18(32-3)12-10-17)27-20(19)14-29(24)23(31)28-21(15-30)16-7-5-4-6-8-16;;;/h4-8,13,17-18,21,30H,9-12,14-15H2,1-3H3,(H,28,31)(H,25,26,27);1H4;2*1H2/t17?,18?,21-;;;/m1.../s1. The molecule has 0 radical (unpaired) electrons. The molecule has 196 valence electrons. The van der Waals surface area contributed by atoms with Gasteiger partial charge in [0.05, 0.1) is 36.5 Å². The van der Waals surface area contributed by atoms with E-state index >= 15 is 0 Å². The second kappa shape index (κ2) is 13.3. The fourth-order valence-corrected chi connectivity index (χ4v) is 4.71. The molecule has 1 aromatic carbocycles. The van der Waals surface area contributed by atoms with Crippen molar-refractivity contribution in [3.63, 3.8) is 0 Å². The van der Waals surface area contributed by atoms with Gasteiger partial charge >= 0.3 is 6.03 Å². The van der Waals surface area contributed by atoms with Crippen LogP contribution in [0.1, 0.15) is 69.8 Å². The van der Waals surface area contributed by atoms with Crippen LogP contribution in [0.3, 0.4) is 0 Å². The van der Waals surface area contributed by atoms with E-state index in [4.69, 9.17) is 9.72 Å². The van der Waals surface area contributed by atoms with Crippen LogP contribution in [0.15, 0.2) is 36.5 Å². The summed E-state index contributed by atoms with van der Waals surface area (Å²) in [7, 11) is 1.77. The highest BCUT2D eigenvalue weighted by molar-refractivity contribution is 7.59. The van der Waals surface area contributed by atoms with E-state index < -0.39 is 11.6 Å². The van der Waals surface area contributed by atoms with Gasteiger partial charge in [-0.2, -0.15) is 27.0 Å². The molecule has 1 aliphatic heterocycles. The lowest BCUT2D eigenvalue weighted by atomic mass is 9.93. The zero-order valence-electron chi connectivity index (χ0n) is 20.0. The van der Waals surface area contributed by atoms with Crippen LogP contribution in [-0.2, 0) is 16.8 Å². The monoisotopic (exact) mass is 523 g/mol. The van der Waals surface area contributed by atoms with Gasteiger partial charge in [-0.3, -0.25) is 0 Å². The number of rotatable bonds is 6. The summed E-state index contributed by atoms with van der Waals surface area (Å²) >= 11 is 0. The predicted octanol–water partition coefficient (Wildman–Crippen LogP) is 4.20. The zero-order valence-corrected chi connectivity index (χ0v) is 22.0. The summed E-state index contributed by atoms with van der Waals surface area (Å²) in [5.74, 6) is 0.611. The average Bonchev–Trinajstić information content (AvgIpc) is 3.08. The number of amides is 2. The van der Waals surface area contributed by atoms with E-state index in [2.05, 4.69) is 15.6 Å². The Morgan fingerprint density at radius 3 is 2.46 bits per heavy atom. The highest BCUT2D eigenvalue weighted by Gasteiger charge is 2.42. The van der Waals surface area contributed by atoms with E-state index in [0.717, 1.165) is 42.5 Å². The molecule has 1 saturated carbocycles. The molecular formula is C25H41N5O3S2. The Labute approximate surface area is 223 Å². The summed E-state index contributed by atoms with van der Waals surface area (Å²) < 4.78 is 5.45. The van der Waals surface area contributed by atoms with Gasteiger partial charge in [-0.25, -0.2) is 14.8 Å². The van der Waals surface area contributed by atoms with Crippen LogP contribution in [0.4, 0.5) is 10.7 Å². The number of aliphatic hydroxyl groups excluding tert-OH is 1. The quantitative estimate of drug-likeness (QED) is 0.525. The number of fused-ring (bicyclic) bond motifs is 1. The van der Waals surface area contributed by atoms with Crippen molar-refractivity contribution >= 4 is 39.0 Å².